The normalized spacial score (nSPS) is 13.9. The molecule has 0 spiro atoms. The lowest BCUT2D eigenvalue weighted by atomic mass is 9.99. The van der Waals surface area contributed by atoms with Crippen molar-refractivity contribution in [1.82, 2.24) is 5.32 Å². The Morgan fingerprint density at radius 3 is 2.47 bits per heavy atom. The first kappa shape index (κ1) is 16.1. The van der Waals surface area contributed by atoms with Crippen molar-refractivity contribution in [1.29, 1.82) is 0 Å². The van der Waals surface area contributed by atoms with Crippen LogP contribution in [0.4, 0.5) is 0 Å². The maximum absolute atomic E-state index is 11.1. The molecule has 1 rings (SSSR count). The van der Waals surface area contributed by atoms with Crippen molar-refractivity contribution in [3.8, 4) is 5.75 Å². The van der Waals surface area contributed by atoms with Gasteiger partial charge in [-0.1, -0.05) is 36.2 Å². The molecule has 0 saturated heterocycles. The molecule has 1 atom stereocenters. The van der Waals surface area contributed by atoms with Gasteiger partial charge in [-0.15, -0.1) is 0 Å². The zero-order valence-electron chi connectivity index (χ0n) is 10.9. The largest absolute Gasteiger partial charge is 0.489 e. The minimum Gasteiger partial charge on any atom is -0.489 e. The first-order chi connectivity index (χ1) is 8.90. The SMILES string of the molecule is CCC(C)(NCCOc1c(Cl)cccc1Cl)C(=O)O. The van der Waals surface area contributed by atoms with Crippen LogP contribution in [0.5, 0.6) is 5.75 Å². The molecule has 0 aliphatic heterocycles. The number of aliphatic carboxylic acids is 1. The van der Waals surface area contributed by atoms with Crippen molar-refractivity contribution in [3.05, 3.63) is 28.2 Å². The molecular weight excluding hydrogens is 289 g/mol. The van der Waals surface area contributed by atoms with Crippen LogP contribution in [0.15, 0.2) is 18.2 Å². The lowest BCUT2D eigenvalue weighted by molar-refractivity contribution is -0.144. The van der Waals surface area contributed by atoms with Crippen molar-refractivity contribution in [2.75, 3.05) is 13.2 Å². The van der Waals surface area contributed by atoms with Gasteiger partial charge in [-0.25, -0.2) is 0 Å². The molecule has 106 valence electrons. The zero-order valence-corrected chi connectivity index (χ0v) is 12.4. The van der Waals surface area contributed by atoms with Gasteiger partial charge in [0.25, 0.3) is 0 Å². The Hall–Kier alpha value is -0.970. The third-order valence-corrected chi connectivity index (χ3v) is 3.56. The van der Waals surface area contributed by atoms with Gasteiger partial charge in [0, 0.05) is 6.54 Å². The van der Waals surface area contributed by atoms with Gasteiger partial charge < -0.3 is 9.84 Å². The summed E-state index contributed by atoms with van der Waals surface area (Å²) in [6, 6.07) is 5.10. The van der Waals surface area contributed by atoms with Crippen molar-refractivity contribution in [3.63, 3.8) is 0 Å². The fourth-order valence-electron chi connectivity index (χ4n) is 1.45. The van der Waals surface area contributed by atoms with Gasteiger partial charge in [0.2, 0.25) is 0 Å². The number of ether oxygens (including phenoxy) is 1. The number of rotatable bonds is 7. The van der Waals surface area contributed by atoms with Gasteiger partial charge in [0.1, 0.15) is 12.1 Å². The highest BCUT2D eigenvalue weighted by Gasteiger charge is 2.29. The predicted octanol–water partition coefficient (Wildman–Crippen LogP) is 3.22. The molecule has 0 radical (unpaired) electrons. The number of carbonyl (C=O) groups is 1. The number of para-hydroxylation sites is 1. The van der Waals surface area contributed by atoms with Crippen LogP contribution in [0.25, 0.3) is 0 Å². The Kier molecular flexibility index (Phi) is 5.91. The smallest absolute Gasteiger partial charge is 0.323 e. The van der Waals surface area contributed by atoms with E-state index in [-0.39, 0.29) is 6.61 Å². The molecule has 0 aliphatic rings. The highest BCUT2D eigenvalue weighted by molar-refractivity contribution is 6.37. The minimum atomic E-state index is -0.951. The van der Waals surface area contributed by atoms with Crippen LogP contribution >= 0.6 is 23.2 Å². The third-order valence-electron chi connectivity index (χ3n) is 2.96. The molecule has 0 amide bonds. The molecule has 0 fully saturated rings. The van der Waals surface area contributed by atoms with E-state index in [4.69, 9.17) is 33.0 Å². The molecular formula is C13H17Cl2NO3. The number of hydrogen-bond acceptors (Lipinski definition) is 3. The van der Waals surface area contributed by atoms with E-state index in [1.54, 1.807) is 25.1 Å². The van der Waals surface area contributed by atoms with Crippen LogP contribution in [-0.2, 0) is 4.79 Å². The highest BCUT2D eigenvalue weighted by Crippen LogP contribution is 2.32. The van der Waals surface area contributed by atoms with Gasteiger partial charge in [-0.2, -0.15) is 0 Å². The van der Waals surface area contributed by atoms with Crippen LogP contribution in [0.1, 0.15) is 20.3 Å². The van der Waals surface area contributed by atoms with Crippen LogP contribution in [-0.4, -0.2) is 29.8 Å². The summed E-state index contributed by atoms with van der Waals surface area (Å²) < 4.78 is 5.47. The maximum Gasteiger partial charge on any atom is 0.323 e. The second kappa shape index (κ2) is 6.98. The summed E-state index contributed by atoms with van der Waals surface area (Å²) in [5.41, 5.74) is -0.951. The van der Waals surface area contributed by atoms with E-state index in [0.29, 0.717) is 28.8 Å². The Labute approximate surface area is 122 Å². The number of nitrogens with one attached hydrogen (secondary N) is 1. The Bertz CT molecular complexity index is 433. The second-order valence-corrected chi connectivity index (χ2v) is 5.13. The zero-order chi connectivity index (χ0) is 14.5. The van der Waals surface area contributed by atoms with Gasteiger partial charge in [-0.05, 0) is 25.5 Å². The van der Waals surface area contributed by atoms with Gasteiger partial charge in [-0.3, -0.25) is 10.1 Å². The number of benzene rings is 1. The van der Waals surface area contributed by atoms with Crippen molar-refractivity contribution < 1.29 is 14.6 Å². The van der Waals surface area contributed by atoms with E-state index in [1.807, 2.05) is 6.92 Å². The molecule has 1 aromatic carbocycles. The van der Waals surface area contributed by atoms with Crippen LogP contribution in [0.2, 0.25) is 10.0 Å². The van der Waals surface area contributed by atoms with Crippen LogP contribution in [0, 0.1) is 0 Å². The topological polar surface area (TPSA) is 58.6 Å². The molecule has 4 nitrogen and oxygen atoms in total. The quantitative estimate of drug-likeness (QED) is 0.759. The Balaban J connectivity index is 2.49. The van der Waals surface area contributed by atoms with Crippen molar-refractivity contribution in [2.24, 2.45) is 0 Å². The molecule has 0 aromatic heterocycles. The number of carboxylic acids is 1. The molecule has 0 heterocycles. The van der Waals surface area contributed by atoms with Gasteiger partial charge >= 0.3 is 5.97 Å². The number of halogens is 2. The van der Waals surface area contributed by atoms with E-state index in [0.717, 1.165) is 0 Å². The van der Waals surface area contributed by atoms with E-state index >= 15 is 0 Å². The minimum absolute atomic E-state index is 0.284. The van der Waals surface area contributed by atoms with Crippen LogP contribution < -0.4 is 10.1 Å². The number of hydrogen-bond donors (Lipinski definition) is 2. The fraction of sp³-hybridized carbons (Fsp3) is 0.462. The molecule has 1 aromatic rings. The van der Waals surface area contributed by atoms with E-state index < -0.39 is 11.5 Å². The highest BCUT2D eigenvalue weighted by atomic mass is 35.5. The van der Waals surface area contributed by atoms with E-state index in [1.165, 1.54) is 0 Å². The summed E-state index contributed by atoms with van der Waals surface area (Å²) in [6.45, 7) is 4.12. The van der Waals surface area contributed by atoms with Gasteiger partial charge in [0.05, 0.1) is 10.0 Å². The van der Waals surface area contributed by atoms with E-state index in [9.17, 15) is 4.79 Å². The van der Waals surface area contributed by atoms with Crippen LogP contribution in [0.3, 0.4) is 0 Å². The lowest BCUT2D eigenvalue weighted by Crippen LogP contribution is -2.50. The Morgan fingerprint density at radius 1 is 1.42 bits per heavy atom. The molecule has 1 unspecified atom stereocenters. The summed E-state index contributed by atoms with van der Waals surface area (Å²) in [5.74, 6) is -0.466. The molecule has 6 heteroatoms. The fourth-order valence-corrected chi connectivity index (χ4v) is 1.96. The maximum atomic E-state index is 11.1. The summed E-state index contributed by atoms with van der Waals surface area (Å²) in [4.78, 5) is 11.1. The second-order valence-electron chi connectivity index (χ2n) is 4.32. The average molecular weight is 306 g/mol. The first-order valence-electron chi connectivity index (χ1n) is 5.96. The molecule has 0 saturated carbocycles. The van der Waals surface area contributed by atoms with E-state index in [2.05, 4.69) is 5.32 Å². The lowest BCUT2D eigenvalue weighted by Gasteiger charge is -2.24. The van der Waals surface area contributed by atoms with Crippen molar-refractivity contribution >= 4 is 29.2 Å². The van der Waals surface area contributed by atoms with Crippen molar-refractivity contribution in [2.45, 2.75) is 25.8 Å². The standard InChI is InChI=1S/C13H17Cl2NO3/c1-3-13(2,12(17)18)16-7-8-19-11-9(14)5-4-6-10(11)15/h4-6,16H,3,7-8H2,1-2H3,(H,17,18). The average Bonchev–Trinajstić information content (AvgIpc) is 2.36. The summed E-state index contributed by atoms with van der Waals surface area (Å²) in [5, 5.41) is 12.9. The summed E-state index contributed by atoms with van der Waals surface area (Å²) in [6.07, 6.45) is 0.481. The summed E-state index contributed by atoms with van der Waals surface area (Å²) >= 11 is 11.9. The molecule has 2 N–H and O–H groups in total. The van der Waals surface area contributed by atoms with Gasteiger partial charge in [0.15, 0.2) is 5.75 Å². The summed E-state index contributed by atoms with van der Waals surface area (Å²) in [7, 11) is 0. The molecule has 0 bridgehead atoms. The molecule has 0 aliphatic carbocycles. The number of carboxylic acid groups (broad SMARTS) is 1. The predicted molar refractivity (Wildman–Crippen MR) is 76.3 cm³/mol. The molecule has 19 heavy (non-hydrogen) atoms. The monoisotopic (exact) mass is 305 g/mol. The third kappa shape index (κ3) is 4.27. The Morgan fingerprint density at radius 2 is 2.00 bits per heavy atom. The first-order valence-corrected chi connectivity index (χ1v) is 6.71.